The maximum Gasteiger partial charge on any atom is 0.141 e. The van der Waals surface area contributed by atoms with Crippen LogP contribution < -0.4 is 10.6 Å². The highest BCUT2D eigenvalue weighted by molar-refractivity contribution is 5.92. The van der Waals surface area contributed by atoms with E-state index in [2.05, 4.69) is 37.5 Å². The van der Waals surface area contributed by atoms with Crippen LogP contribution in [0.2, 0.25) is 0 Å². The van der Waals surface area contributed by atoms with Crippen LogP contribution in [0, 0.1) is 17.7 Å². The van der Waals surface area contributed by atoms with Crippen LogP contribution in [-0.2, 0) is 6.54 Å². The number of benzene rings is 3. The molecule has 1 fully saturated rings. The average Bonchev–Trinajstić information content (AvgIpc) is 3.30. The summed E-state index contributed by atoms with van der Waals surface area (Å²) in [6, 6.07) is 18.3. The van der Waals surface area contributed by atoms with Gasteiger partial charge in [0, 0.05) is 28.6 Å². The molecule has 1 unspecified atom stereocenters. The van der Waals surface area contributed by atoms with E-state index in [0.717, 1.165) is 51.6 Å². The van der Waals surface area contributed by atoms with Gasteiger partial charge in [-0.25, -0.2) is 14.4 Å². The lowest BCUT2D eigenvalue weighted by atomic mass is 9.94. The molecule has 0 bridgehead atoms. The molecule has 0 radical (unpaired) electrons. The summed E-state index contributed by atoms with van der Waals surface area (Å²) in [7, 11) is 0. The predicted molar refractivity (Wildman–Crippen MR) is 142 cm³/mol. The van der Waals surface area contributed by atoms with Gasteiger partial charge in [0.15, 0.2) is 0 Å². The number of aromatic nitrogens is 4. The highest BCUT2D eigenvalue weighted by Crippen LogP contribution is 2.27. The Hall–Kier alpha value is -4.32. The average molecular weight is 493 g/mol. The molecule has 37 heavy (non-hydrogen) atoms. The van der Waals surface area contributed by atoms with E-state index in [1.165, 1.54) is 18.5 Å². The maximum absolute atomic E-state index is 13.6. The van der Waals surface area contributed by atoms with Crippen molar-refractivity contribution in [1.82, 2.24) is 25.1 Å². The number of piperidine rings is 1. The summed E-state index contributed by atoms with van der Waals surface area (Å²) in [5, 5.41) is 23.6. The minimum Gasteiger partial charge on any atom is -0.376 e. The lowest BCUT2D eigenvalue weighted by molar-refractivity contribution is 0.0736. The van der Waals surface area contributed by atoms with Crippen molar-refractivity contribution in [3.8, 4) is 11.8 Å². The van der Waals surface area contributed by atoms with Crippen molar-refractivity contribution in [3.63, 3.8) is 0 Å². The second-order valence-corrected chi connectivity index (χ2v) is 9.35. The molecule has 1 atom stereocenters. The van der Waals surface area contributed by atoms with E-state index in [1.807, 2.05) is 47.1 Å². The zero-order chi connectivity index (χ0) is 25.2. The van der Waals surface area contributed by atoms with Gasteiger partial charge in [0.2, 0.25) is 0 Å². The number of nitrogens with one attached hydrogen (secondary N) is 2. The second-order valence-electron chi connectivity index (χ2n) is 9.35. The third-order valence-electron chi connectivity index (χ3n) is 6.56. The van der Waals surface area contributed by atoms with Crippen molar-refractivity contribution in [3.05, 3.63) is 90.1 Å². The molecule has 8 heteroatoms. The minimum atomic E-state index is -1.00. The number of nitrogens with zero attached hydrogens (tertiary/aromatic N) is 4. The molecule has 1 saturated heterocycles. The molecule has 3 aromatic carbocycles. The van der Waals surface area contributed by atoms with Crippen LogP contribution in [0.5, 0.6) is 0 Å². The Morgan fingerprint density at radius 3 is 2.92 bits per heavy atom. The predicted octanol–water partition coefficient (Wildman–Crippen LogP) is 4.38. The van der Waals surface area contributed by atoms with Crippen molar-refractivity contribution in [2.45, 2.75) is 25.0 Å². The zero-order valence-corrected chi connectivity index (χ0v) is 20.1. The standard InChI is InChI=1S/C29H25FN6O/c30-23-4-1-3-21(13-23)17-36-27-8-6-24(15-22(27)16-34-36)35-28-25-14-20(5-7-26(25)32-19-33-28)9-11-29(37)10-2-12-31-18-29/h1,3-8,13-16,19,31,37H,2,10,12,17-18H2,(H,32,33,35). The number of hydrogen-bond acceptors (Lipinski definition) is 6. The fraction of sp³-hybridized carbons (Fsp3) is 0.207. The van der Waals surface area contributed by atoms with E-state index >= 15 is 0 Å². The highest BCUT2D eigenvalue weighted by atomic mass is 19.1. The molecule has 0 spiro atoms. The van der Waals surface area contributed by atoms with Crippen LogP contribution in [0.15, 0.2) is 73.2 Å². The van der Waals surface area contributed by atoms with Crippen LogP contribution in [0.3, 0.4) is 0 Å². The first kappa shape index (κ1) is 23.1. The molecule has 1 aliphatic heterocycles. The van der Waals surface area contributed by atoms with Crippen LogP contribution in [0.4, 0.5) is 15.9 Å². The number of halogens is 1. The fourth-order valence-corrected chi connectivity index (χ4v) is 4.65. The van der Waals surface area contributed by atoms with Gasteiger partial charge in [-0.3, -0.25) is 4.68 Å². The van der Waals surface area contributed by atoms with Gasteiger partial charge >= 0.3 is 0 Å². The van der Waals surface area contributed by atoms with Gasteiger partial charge in [-0.05, 0) is 73.5 Å². The van der Waals surface area contributed by atoms with E-state index in [1.54, 1.807) is 12.3 Å². The van der Waals surface area contributed by atoms with Crippen LogP contribution in [0.1, 0.15) is 24.0 Å². The summed E-state index contributed by atoms with van der Waals surface area (Å²) in [5.41, 5.74) is 3.25. The normalized spacial score (nSPS) is 17.5. The topological polar surface area (TPSA) is 87.9 Å². The van der Waals surface area contributed by atoms with Gasteiger partial charge in [0.05, 0.1) is 23.8 Å². The van der Waals surface area contributed by atoms with Crippen molar-refractivity contribution in [1.29, 1.82) is 0 Å². The van der Waals surface area contributed by atoms with Crippen LogP contribution in [0.25, 0.3) is 21.8 Å². The van der Waals surface area contributed by atoms with Crippen LogP contribution >= 0.6 is 0 Å². The molecule has 7 nitrogen and oxygen atoms in total. The molecule has 5 aromatic rings. The van der Waals surface area contributed by atoms with Crippen molar-refractivity contribution in [2.75, 3.05) is 18.4 Å². The first-order valence-corrected chi connectivity index (χ1v) is 12.2. The fourth-order valence-electron chi connectivity index (χ4n) is 4.65. The number of rotatable bonds is 4. The summed E-state index contributed by atoms with van der Waals surface area (Å²) < 4.78 is 15.4. The van der Waals surface area contributed by atoms with Gasteiger partial charge in [0.1, 0.15) is 23.6 Å². The molecule has 6 rings (SSSR count). The zero-order valence-electron chi connectivity index (χ0n) is 20.1. The number of hydrogen-bond donors (Lipinski definition) is 3. The molecule has 0 aliphatic carbocycles. The molecule has 0 amide bonds. The summed E-state index contributed by atoms with van der Waals surface area (Å²) in [6.45, 7) is 1.87. The molecule has 0 saturated carbocycles. The van der Waals surface area contributed by atoms with Gasteiger partial charge in [-0.15, -0.1) is 0 Å². The molecule has 3 N–H and O–H groups in total. The summed E-state index contributed by atoms with van der Waals surface area (Å²) in [6.07, 6.45) is 4.90. The summed E-state index contributed by atoms with van der Waals surface area (Å²) in [5.74, 6) is 6.58. The molecule has 3 heterocycles. The monoisotopic (exact) mass is 492 g/mol. The van der Waals surface area contributed by atoms with E-state index in [4.69, 9.17) is 0 Å². The second kappa shape index (κ2) is 9.62. The van der Waals surface area contributed by atoms with Crippen molar-refractivity contribution < 1.29 is 9.50 Å². The number of β-amino-alcohol motifs (C(OH)–C–C–N with tert-alkyl or cyclic N) is 1. The molecule has 1 aliphatic rings. The maximum atomic E-state index is 13.6. The lowest BCUT2D eigenvalue weighted by Crippen LogP contribution is -2.44. The number of aliphatic hydroxyl groups is 1. The van der Waals surface area contributed by atoms with E-state index in [0.29, 0.717) is 25.3 Å². The summed E-state index contributed by atoms with van der Waals surface area (Å²) in [4.78, 5) is 8.86. The third-order valence-corrected chi connectivity index (χ3v) is 6.56. The van der Waals surface area contributed by atoms with Gasteiger partial charge in [0.25, 0.3) is 0 Å². The Kier molecular flexibility index (Phi) is 6.01. The quantitative estimate of drug-likeness (QED) is 0.323. The van der Waals surface area contributed by atoms with Gasteiger partial charge in [-0.1, -0.05) is 24.0 Å². The Bertz CT molecular complexity index is 1660. The first-order chi connectivity index (χ1) is 18.0. The Balaban J connectivity index is 1.27. The van der Waals surface area contributed by atoms with Gasteiger partial charge < -0.3 is 15.7 Å². The third kappa shape index (κ3) is 5.00. The largest absolute Gasteiger partial charge is 0.376 e. The number of anilines is 2. The molecule has 184 valence electrons. The highest BCUT2D eigenvalue weighted by Gasteiger charge is 2.26. The SMILES string of the molecule is OC1(C#Cc2ccc3ncnc(Nc4ccc5c(cnn5Cc5cccc(F)c5)c4)c3c2)CCCNC1. The Labute approximate surface area is 213 Å². The summed E-state index contributed by atoms with van der Waals surface area (Å²) >= 11 is 0. The van der Waals surface area contributed by atoms with E-state index < -0.39 is 5.60 Å². The van der Waals surface area contributed by atoms with Crippen LogP contribution in [-0.4, -0.2) is 43.5 Å². The van der Waals surface area contributed by atoms with Crippen molar-refractivity contribution >= 4 is 33.3 Å². The molecule has 2 aromatic heterocycles. The molecular formula is C29H25FN6O. The minimum absolute atomic E-state index is 0.256. The lowest BCUT2D eigenvalue weighted by Gasteiger charge is -2.27. The Morgan fingerprint density at radius 2 is 2.05 bits per heavy atom. The molecular weight excluding hydrogens is 467 g/mol. The van der Waals surface area contributed by atoms with Crippen molar-refractivity contribution in [2.24, 2.45) is 0 Å². The van der Waals surface area contributed by atoms with E-state index in [-0.39, 0.29) is 5.82 Å². The van der Waals surface area contributed by atoms with Gasteiger partial charge in [-0.2, -0.15) is 5.10 Å². The Morgan fingerprint density at radius 1 is 1.11 bits per heavy atom. The smallest absolute Gasteiger partial charge is 0.141 e. The van der Waals surface area contributed by atoms with E-state index in [9.17, 15) is 9.50 Å². The first-order valence-electron chi connectivity index (χ1n) is 12.2. The number of fused-ring (bicyclic) bond motifs is 2.